The van der Waals surface area contributed by atoms with Gasteiger partial charge in [0.25, 0.3) is 0 Å². The molecule has 0 aliphatic carbocycles. The van der Waals surface area contributed by atoms with Crippen LogP contribution in [-0.2, 0) is 9.47 Å². The van der Waals surface area contributed by atoms with E-state index < -0.39 is 0 Å². The molecule has 0 bridgehead atoms. The summed E-state index contributed by atoms with van der Waals surface area (Å²) in [5.74, 6) is 1.75. The molecule has 0 unspecified atom stereocenters. The summed E-state index contributed by atoms with van der Waals surface area (Å²) in [7, 11) is 3.30. The molecule has 2 rings (SSSR count). The van der Waals surface area contributed by atoms with Crippen molar-refractivity contribution in [1.29, 1.82) is 0 Å². The second kappa shape index (κ2) is 18.5. The van der Waals surface area contributed by atoms with Crippen molar-refractivity contribution in [3.05, 3.63) is 75.7 Å². The van der Waals surface area contributed by atoms with Gasteiger partial charge in [0.05, 0.1) is 18.9 Å². The Hall–Kier alpha value is -1.83. The first-order valence-electron chi connectivity index (χ1n) is 13.6. The molecule has 0 N–H and O–H groups in total. The molecule has 38 heavy (non-hydrogen) atoms. The van der Waals surface area contributed by atoms with Gasteiger partial charge in [0.1, 0.15) is 0 Å². The monoisotopic (exact) mass is 514 g/mol. The van der Waals surface area contributed by atoms with Crippen molar-refractivity contribution in [1.82, 2.24) is 0 Å². The Kier molecular flexibility index (Phi) is 17.6. The molecule has 0 fully saturated rings. The Balaban J connectivity index is 0.00000175. The van der Waals surface area contributed by atoms with E-state index in [1.807, 2.05) is 0 Å². The Labute approximate surface area is 245 Å². The molecule has 4 nitrogen and oxygen atoms in total. The molecule has 0 aliphatic rings. The maximum Gasteiger partial charge on any atom is 1.00 e. The van der Waals surface area contributed by atoms with Crippen molar-refractivity contribution >= 4 is 17.1 Å². The topological polar surface area (TPSA) is 44.9 Å². The Morgan fingerprint density at radius 2 is 1.08 bits per heavy atom. The molecular weight excluding hydrogens is 463 g/mol. The zero-order valence-electron chi connectivity index (χ0n) is 26.5. The molecule has 0 spiro atoms. The molecule has 0 aromatic heterocycles. The van der Waals surface area contributed by atoms with Crippen LogP contribution in [0.2, 0.25) is 0 Å². The third-order valence-corrected chi connectivity index (χ3v) is 6.17. The van der Waals surface area contributed by atoms with Crippen molar-refractivity contribution in [3.63, 3.8) is 0 Å². The van der Waals surface area contributed by atoms with Crippen LogP contribution in [0, 0.1) is 0 Å². The quantitative estimate of drug-likeness (QED) is 0.181. The van der Waals surface area contributed by atoms with Gasteiger partial charge in [-0.2, -0.15) is 5.70 Å². The van der Waals surface area contributed by atoms with Crippen molar-refractivity contribution in [2.24, 2.45) is 4.99 Å². The maximum absolute atomic E-state index is 5.08. The van der Waals surface area contributed by atoms with Gasteiger partial charge in [-0.15, -0.1) is 5.69 Å². The summed E-state index contributed by atoms with van der Waals surface area (Å²) in [5.41, 5.74) is 9.45. The number of allylic oxidation sites excluding steroid dienone is 2. The molecule has 0 saturated carbocycles. The largest absolute Gasteiger partial charge is 1.00 e. The molecule has 206 valence electrons. The van der Waals surface area contributed by atoms with Crippen molar-refractivity contribution < 1.29 is 28.3 Å². The second-order valence-corrected chi connectivity index (χ2v) is 10.8. The number of benzene rings is 2. The van der Waals surface area contributed by atoms with Gasteiger partial charge in [0, 0.05) is 19.9 Å². The Morgan fingerprint density at radius 1 is 0.711 bits per heavy atom. The third kappa shape index (κ3) is 11.5. The van der Waals surface area contributed by atoms with Crippen LogP contribution < -0.4 is 18.9 Å². The van der Waals surface area contributed by atoms with E-state index in [0.29, 0.717) is 36.9 Å². The van der Waals surface area contributed by atoms with E-state index in [4.69, 9.17) is 10.3 Å². The van der Waals surface area contributed by atoms with Gasteiger partial charge in [0.2, 0.25) is 0 Å². The van der Waals surface area contributed by atoms with E-state index in [9.17, 15) is 0 Å². The zero-order chi connectivity index (χ0) is 28.1. The molecule has 0 aliphatic heterocycles. The van der Waals surface area contributed by atoms with Gasteiger partial charge < -0.3 is 14.8 Å². The van der Waals surface area contributed by atoms with E-state index in [1.54, 1.807) is 14.2 Å². The van der Waals surface area contributed by atoms with Crippen molar-refractivity contribution in [2.45, 2.75) is 92.9 Å². The van der Waals surface area contributed by atoms with E-state index >= 15 is 0 Å². The normalized spacial score (nSPS) is 12.1. The number of hydrogen-bond donors (Lipinski definition) is 0. The molecule has 0 amide bonds. The van der Waals surface area contributed by atoms with Crippen LogP contribution in [0.5, 0.6) is 0 Å². The molecular formula is C33H51LiN2O2. The van der Waals surface area contributed by atoms with Crippen molar-refractivity contribution in [2.75, 3.05) is 27.4 Å². The van der Waals surface area contributed by atoms with Crippen LogP contribution >= 0.6 is 0 Å². The van der Waals surface area contributed by atoms with Crippen molar-refractivity contribution in [3.8, 4) is 0 Å². The van der Waals surface area contributed by atoms with Gasteiger partial charge in [-0.05, 0) is 41.7 Å². The summed E-state index contributed by atoms with van der Waals surface area (Å²) in [6.45, 7) is 23.4. The van der Waals surface area contributed by atoms with Crippen LogP contribution in [0.15, 0.2) is 53.2 Å². The van der Waals surface area contributed by atoms with Crippen LogP contribution in [0.4, 0.5) is 11.4 Å². The van der Waals surface area contributed by atoms with E-state index in [-0.39, 0.29) is 18.9 Å². The second-order valence-electron chi connectivity index (χ2n) is 10.8. The maximum atomic E-state index is 5.08. The van der Waals surface area contributed by atoms with E-state index in [0.717, 1.165) is 22.8 Å². The summed E-state index contributed by atoms with van der Waals surface area (Å²) < 4.78 is 9.31. The summed E-state index contributed by atoms with van der Waals surface area (Å²) in [6.07, 6.45) is 2.11. The predicted octanol–water partition coefficient (Wildman–Crippen LogP) is 7.17. The van der Waals surface area contributed by atoms with Gasteiger partial charge in [-0.25, -0.2) is 0 Å². The molecule has 2 aromatic rings. The number of ether oxygens (including phenoxy) is 2. The number of hydrogen-bond acceptors (Lipinski definition) is 3. The standard InChI is InChI=1S/C29H41N2.C4H10O2.Li/c1-18(2)24-13-11-14-25(19(3)4)28(24)30-22(9)17-23(10)31-29-26(20(5)6)15-12-16-27(29)21(7)8;1-5-3-4-6-2;/h11-21H,1-10H3;3-4H2,1-2H3;/q-1;;+1/b22-17-,31-23?;;. The molecule has 0 heterocycles. The van der Waals surface area contributed by atoms with E-state index in [1.165, 1.54) is 22.3 Å². The van der Waals surface area contributed by atoms with E-state index in [2.05, 4.69) is 121 Å². The summed E-state index contributed by atoms with van der Waals surface area (Å²) in [4.78, 5) is 5.08. The minimum Gasteiger partial charge on any atom is -0.661 e. The molecule has 0 atom stereocenters. The molecule has 2 aromatic carbocycles. The summed E-state index contributed by atoms with van der Waals surface area (Å²) >= 11 is 0. The Morgan fingerprint density at radius 3 is 1.42 bits per heavy atom. The average molecular weight is 515 g/mol. The number of methoxy groups -OCH3 is 2. The number of rotatable bonds is 11. The third-order valence-electron chi connectivity index (χ3n) is 6.17. The molecule has 5 heteroatoms. The zero-order valence-corrected chi connectivity index (χ0v) is 26.5. The van der Waals surface area contributed by atoms with Crippen LogP contribution in [0.1, 0.15) is 115 Å². The fourth-order valence-electron chi connectivity index (χ4n) is 4.17. The molecule has 0 saturated heterocycles. The minimum absolute atomic E-state index is 0. The first kappa shape index (κ1) is 36.2. The summed E-state index contributed by atoms with van der Waals surface area (Å²) in [5, 5.41) is 5.08. The average Bonchev–Trinajstić information content (AvgIpc) is 2.82. The van der Waals surface area contributed by atoms with Gasteiger partial charge in [-0.3, -0.25) is 4.99 Å². The van der Waals surface area contributed by atoms with Crippen LogP contribution in [-0.4, -0.2) is 33.1 Å². The first-order valence-corrected chi connectivity index (χ1v) is 13.6. The van der Waals surface area contributed by atoms with Crippen LogP contribution in [0.25, 0.3) is 5.32 Å². The predicted molar refractivity (Wildman–Crippen MR) is 163 cm³/mol. The molecule has 0 radical (unpaired) electrons. The van der Waals surface area contributed by atoms with Gasteiger partial charge in [0.15, 0.2) is 0 Å². The number of nitrogens with zero attached hydrogens (tertiary/aromatic N) is 2. The summed E-state index contributed by atoms with van der Waals surface area (Å²) in [6, 6.07) is 13.1. The smallest absolute Gasteiger partial charge is 0.661 e. The first-order chi connectivity index (χ1) is 17.4. The number of para-hydroxylation sites is 2. The van der Waals surface area contributed by atoms with Crippen LogP contribution in [0.3, 0.4) is 0 Å². The fourth-order valence-corrected chi connectivity index (χ4v) is 4.17. The minimum atomic E-state index is 0. The SMILES string of the molecule is CC(/C=C(/C)[N-]c1c(C(C)C)cccc1C(C)C)=Nc1c(C(C)C)cccc1C(C)C.COCCOC.[Li+]. The number of aliphatic imine (C=N–C) groups is 1. The fraction of sp³-hybridized carbons (Fsp3) is 0.545. The Bertz CT molecular complexity index is 967. The van der Waals surface area contributed by atoms with Gasteiger partial charge >= 0.3 is 18.9 Å². The van der Waals surface area contributed by atoms with Gasteiger partial charge in [-0.1, -0.05) is 116 Å².